The molecule has 0 N–H and O–H groups in total. The molecular weight excluding hydrogens is 316 g/mol. The van der Waals surface area contributed by atoms with E-state index in [2.05, 4.69) is 33.8 Å². The van der Waals surface area contributed by atoms with Crippen molar-refractivity contribution in [2.75, 3.05) is 0 Å². The third-order valence-corrected chi connectivity index (χ3v) is 5.83. The van der Waals surface area contributed by atoms with Crippen molar-refractivity contribution in [3.63, 3.8) is 0 Å². The van der Waals surface area contributed by atoms with E-state index in [4.69, 9.17) is 0 Å². The second kappa shape index (κ2) is 5.14. The van der Waals surface area contributed by atoms with Crippen molar-refractivity contribution in [3.8, 4) is 11.3 Å². The molecule has 1 atom stereocenters. The van der Waals surface area contributed by atoms with Gasteiger partial charge in [0, 0.05) is 16.7 Å². The van der Waals surface area contributed by atoms with Crippen LogP contribution in [0.2, 0.25) is 0 Å². The highest BCUT2D eigenvalue weighted by Crippen LogP contribution is 2.41. The van der Waals surface area contributed by atoms with Gasteiger partial charge in [-0.15, -0.1) is 11.3 Å². The minimum Gasteiger partial charge on any atom is -0.322 e. The summed E-state index contributed by atoms with van der Waals surface area (Å²) in [4.78, 5) is 18.0. The summed E-state index contributed by atoms with van der Waals surface area (Å²) in [6.07, 6.45) is 4.17. The summed E-state index contributed by atoms with van der Waals surface area (Å²) in [7, 11) is 0. The topological polar surface area (TPSA) is 34.9 Å². The van der Waals surface area contributed by atoms with Crippen LogP contribution in [-0.4, -0.2) is 15.3 Å². The van der Waals surface area contributed by atoms with Gasteiger partial charge in [0.15, 0.2) is 5.78 Å². The van der Waals surface area contributed by atoms with Gasteiger partial charge in [-0.05, 0) is 23.1 Å². The number of imidazole rings is 1. The first-order valence-corrected chi connectivity index (χ1v) is 8.76. The van der Waals surface area contributed by atoms with Crippen LogP contribution in [0.5, 0.6) is 0 Å². The SMILES string of the molecule is O=C(CC1c2ccccc2-c2cncn21)c1cc2ccccc2s1. The number of benzene rings is 2. The predicted octanol–water partition coefficient (Wildman–Crippen LogP) is 4.94. The summed E-state index contributed by atoms with van der Waals surface area (Å²) in [5.41, 5.74) is 3.49. The maximum atomic E-state index is 12.9. The van der Waals surface area contributed by atoms with Crippen molar-refractivity contribution in [2.24, 2.45) is 0 Å². The normalized spacial score (nSPS) is 15.4. The smallest absolute Gasteiger partial charge is 0.175 e. The van der Waals surface area contributed by atoms with Gasteiger partial charge in [0.1, 0.15) is 0 Å². The number of fused-ring (bicyclic) bond motifs is 4. The van der Waals surface area contributed by atoms with Crippen LogP contribution in [-0.2, 0) is 0 Å². The highest BCUT2D eigenvalue weighted by Gasteiger charge is 2.30. The Kier molecular flexibility index (Phi) is 2.94. The number of carbonyl (C=O) groups excluding carboxylic acids is 1. The Morgan fingerprint density at radius 1 is 1.12 bits per heavy atom. The standard InChI is InChI=1S/C20H14N2OS/c23-18(20-9-13-5-1-4-8-19(13)24-20)10-16-14-6-2-3-7-15(14)17-11-21-12-22(16)17/h1-9,11-12,16H,10H2. The number of rotatable bonds is 3. The van der Waals surface area contributed by atoms with Gasteiger partial charge < -0.3 is 4.57 Å². The molecule has 2 aromatic heterocycles. The Morgan fingerprint density at radius 2 is 1.96 bits per heavy atom. The number of thiophene rings is 1. The van der Waals surface area contributed by atoms with Gasteiger partial charge in [-0.25, -0.2) is 4.98 Å². The fourth-order valence-electron chi connectivity index (χ4n) is 3.54. The van der Waals surface area contributed by atoms with Crippen LogP contribution in [0.25, 0.3) is 21.3 Å². The Bertz CT molecular complexity index is 1040. The van der Waals surface area contributed by atoms with E-state index in [1.807, 2.05) is 42.9 Å². The number of hydrogen-bond acceptors (Lipinski definition) is 3. The molecule has 116 valence electrons. The Hall–Kier alpha value is -2.72. The van der Waals surface area contributed by atoms with Crippen molar-refractivity contribution in [2.45, 2.75) is 12.5 Å². The third kappa shape index (κ3) is 1.96. The maximum Gasteiger partial charge on any atom is 0.175 e. The summed E-state index contributed by atoms with van der Waals surface area (Å²) in [5, 5.41) is 1.14. The molecule has 1 aliphatic rings. The first-order chi connectivity index (χ1) is 11.8. The molecule has 0 fully saturated rings. The molecule has 0 amide bonds. The van der Waals surface area contributed by atoms with Gasteiger partial charge in [-0.3, -0.25) is 4.79 Å². The van der Waals surface area contributed by atoms with Gasteiger partial charge in [-0.1, -0.05) is 42.5 Å². The van der Waals surface area contributed by atoms with Gasteiger partial charge in [0.05, 0.1) is 29.1 Å². The molecule has 0 aliphatic carbocycles. The maximum absolute atomic E-state index is 12.9. The summed E-state index contributed by atoms with van der Waals surface area (Å²) in [6, 6.07) is 18.5. The lowest BCUT2D eigenvalue weighted by Gasteiger charge is -2.13. The summed E-state index contributed by atoms with van der Waals surface area (Å²) >= 11 is 1.58. The zero-order chi connectivity index (χ0) is 16.1. The highest BCUT2D eigenvalue weighted by molar-refractivity contribution is 7.20. The van der Waals surface area contributed by atoms with Crippen molar-refractivity contribution in [1.82, 2.24) is 9.55 Å². The number of nitrogens with zero attached hydrogens (tertiary/aromatic N) is 2. The van der Waals surface area contributed by atoms with Crippen molar-refractivity contribution < 1.29 is 4.79 Å². The number of hydrogen-bond donors (Lipinski definition) is 0. The number of ketones is 1. The van der Waals surface area contributed by atoms with Gasteiger partial charge in [0.2, 0.25) is 0 Å². The van der Waals surface area contributed by atoms with Crippen LogP contribution in [0, 0.1) is 0 Å². The zero-order valence-corrected chi connectivity index (χ0v) is 13.7. The lowest BCUT2D eigenvalue weighted by Crippen LogP contribution is -2.10. The van der Waals surface area contributed by atoms with Crippen molar-refractivity contribution in [3.05, 3.63) is 77.6 Å². The quantitative estimate of drug-likeness (QED) is 0.499. The highest BCUT2D eigenvalue weighted by atomic mass is 32.1. The van der Waals surface area contributed by atoms with E-state index in [0.29, 0.717) is 6.42 Å². The number of Topliss-reactive ketones (excluding diaryl/α,β-unsaturated/α-hetero) is 1. The molecule has 4 aromatic rings. The van der Waals surface area contributed by atoms with Gasteiger partial charge >= 0.3 is 0 Å². The number of aromatic nitrogens is 2. The molecule has 2 aromatic carbocycles. The van der Waals surface area contributed by atoms with Crippen LogP contribution in [0.1, 0.15) is 27.7 Å². The molecule has 1 aliphatic heterocycles. The van der Waals surface area contributed by atoms with Crippen molar-refractivity contribution >= 4 is 27.2 Å². The van der Waals surface area contributed by atoms with Crippen molar-refractivity contribution in [1.29, 1.82) is 0 Å². The van der Waals surface area contributed by atoms with E-state index in [1.54, 1.807) is 11.3 Å². The minimum atomic E-state index is 0.0383. The summed E-state index contributed by atoms with van der Waals surface area (Å²) < 4.78 is 3.28. The van der Waals surface area contributed by atoms with E-state index in [1.165, 1.54) is 11.1 Å². The zero-order valence-electron chi connectivity index (χ0n) is 12.8. The van der Waals surface area contributed by atoms with E-state index in [0.717, 1.165) is 20.7 Å². The minimum absolute atomic E-state index is 0.0383. The monoisotopic (exact) mass is 330 g/mol. The van der Waals surface area contributed by atoms with E-state index in [-0.39, 0.29) is 11.8 Å². The number of carbonyl (C=O) groups is 1. The summed E-state index contributed by atoms with van der Waals surface area (Å²) in [6.45, 7) is 0. The van der Waals surface area contributed by atoms with Crippen LogP contribution >= 0.6 is 11.3 Å². The van der Waals surface area contributed by atoms with Gasteiger partial charge in [0.25, 0.3) is 0 Å². The Labute approximate surface area is 143 Å². The molecule has 1 unspecified atom stereocenters. The molecule has 5 rings (SSSR count). The largest absolute Gasteiger partial charge is 0.322 e. The molecule has 0 saturated heterocycles. The Balaban J connectivity index is 1.52. The average molecular weight is 330 g/mol. The lowest BCUT2D eigenvalue weighted by atomic mass is 9.99. The van der Waals surface area contributed by atoms with E-state index < -0.39 is 0 Å². The molecular formula is C20H14N2OS. The Morgan fingerprint density at radius 3 is 2.88 bits per heavy atom. The molecule has 24 heavy (non-hydrogen) atoms. The van der Waals surface area contributed by atoms with Crippen LogP contribution in [0.4, 0.5) is 0 Å². The fraction of sp³-hybridized carbons (Fsp3) is 0.100. The van der Waals surface area contributed by atoms with Crippen LogP contribution in [0.3, 0.4) is 0 Å². The fourth-order valence-corrected chi connectivity index (χ4v) is 4.55. The first kappa shape index (κ1) is 13.7. The molecule has 0 bridgehead atoms. The average Bonchev–Trinajstić information content (AvgIpc) is 3.30. The first-order valence-electron chi connectivity index (χ1n) is 7.94. The lowest BCUT2D eigenvalue weighted by molar-refractivity contribution is 0.0974. The molecule has 3 nitrogen and oxygen atoms in total. The second-order valence-corrected chi connectivity index (χ2v) is 7.15. The summed E-state index contributed by atoms with van der Waals surface area (Å²) in [5.74, 6) is 0.192. The predicted molar refractivity (Wildman–Crippen MR) is 96.6 cm³/mol. The van der Waals surface area contributed by atoms with Crippen LogP contribution in [0.15, 0.2) is 67.1 Å². The van der Waals surface area contributed by atoms with Crippen LogP contribution < -0.4 is 0 Å². The van der Waals surface area contributed by atoms with E-state index >= 15 is 0 Å². The molecule has 4 heteroatoms. The molecule has 0 saturated carbocycles. The van der Waals surface area contributed by atoms with Gasteiger partial charge in [-0.2, -0.15) is 0 Å². The molecule has 0 spiro atoms. The third-order valence-electron chi connectivity index (χ3n) is 4.68. The van der Waals surface area contributed by atoms with E-state index in [9.17, 15) is 4.79 Å². The molecule has 3 heterocycles. The second-order valence-electron chi connectivity index (χ2n) is 6.06. The molecule has 0 radical (unpaired) electrons.